The minimum Gasteiger partial charge on any atom is -0.491 e. The van der Waals surface area contributed by atoms with E-state index in [1.165, 1.54) is 0 Å². The Balaban J connectivity index is 2.42. The number of anilines is 1. The highest BCUT2D eigenvalue weighted by Crippen LogP contribution is 2.26. The van der Waals surface area contributed by atoms with Crippen molar-refractivity contribution in [2.45, 2.75) is 52.7 Å². The molecule has 172 valence electrons. The van der Waals surface area contributed by atoms with Crippen LogP contribution in [0.15, 0.2) is 18.2 Å². The smallest absolute Gasteiger partial charge is 0.257 e. The molecule has 0 fully saturated rings. The SMILES string of the molecule is CCCC(=O)Nc1ccc2c(c1)C(=O)N(C)C[C@H](OC)[C@@H](C)CN(C(C)=O)[C@@H](C)CO2. The quantitative estimate of drug-likeness (QED) is 0.789. The number of fused-ring (bicyclic) bond motifs is 1. The fraction of sp³-hybridized carbons (Fsp3) is 0.609. The fourth-order valence-corrected chi connectivity index (χ4v) is 3.74. The number of carbonyl (C=O) groups is 3. The van der Waals surface area contributed by atoms with E-state index in [-0.39, 0.29) is 42.4 Å². The molecule has 3 amide bonds. The average molecular weight is 434 g/mol. The van der Waals surface area contributed by atoms with Crippen molar-refractivity contribution in [3.05, 3.63) is 23.8 Å². The van der Waals surface area contributed by atoms with Crippen LogP contribution in [0.5, 0.6) is 5.75 Å². The molecule has 1 aliphatic rings. The molecule has 0 saturated carbocycles. The number of nitrogens with one attached hydrogen (secondary N) is 1. The van der Waals surface area contributed by atoms with Gasteiger partial charge >= 0.3 is 0 Å². The number of benzene rings is 1. The van der Waals surface area contributed by atoms with Crippen molar-refractivity contribution in [1.82, 2.24) is 9.80 Å². The molecule has 1 aromatic carbocycles. The largest absolute Gasteiger partial charge is 0.491 e. The molecular weight excluding hydrogens is 398 g/mol. The van der Waals surface area contributed by atoms with Crippen LogP contribution < -0.4 is 10.1 Å². The molecule has 0 bridgehead atoms. The van der Waals surface area contributed by atoms with Gasteiger partial charge in [0.2, 0.25) is 11.8 Å². The third-order valence-corrected chi connectivity index (χ3v) is 5.61. The van der Waals surface area contributed by atoms with Crippen molar-refractivity contribution in [2.24, 2.45) is 5.92 Å². The number of methoxy groups -OCH3 is 1. The van der Waals surface area contributed by atoms with E-state index in [2.05, 4.69) is 5.32 Å². The summed E-state index contributed by atoms with van der Waals surface area (Å²) < 4.78 is 11.6. The van der Waals surface area contributed by atoms with E-state index in [0.29, 0.717) is 36.5 Å². The van der Waals surface area contributed by atoms with E-state index in [0.717, 1.165) is 6.42 Å². The van der Waals surface area contributed by atoms with Crippen molar-refractivity contribution in [1.29, 1.82) is 0 Å². The Morgan fingerprint density at radius 3 is 2.58 bits per heavy atom. The first kappa shape index (κ1) is 24.7. The third-order valence-electron chi connectivity index (χ3n) is 5.61. The molecule has 1 heterocycles. The second-order valence-corrected chi connectivity index (χ2v) is 8.28. The molecule has 0 aliphatic carbocycles. The van der Waals surface area contributed by atoms with Gasteiger partial charge in [0.25, 0.3) is 5.91 Å². The maximum atomic E-state index is 13.3. The van der Waals surface area contributed by atoms with Gasteiger partial charge in [-0.2, -0.15) is 0 Å². The van der Waals surface area contributed by atoms with Gasteiger partial charge in [-0.25, -0.2) is 0 Å². The molecule has 0 aromatic heterocycles. The zero-order chi connectivity index (χ0) is 23.1. The molecule has 31 heavy (non-hydrogen) atoms. The zero-order valence-corrected chi connectivity index (χ0v) is 19.4. The lowest BCUT2D eigenvalue weighted by Crippen LogP contribution is -2.48. The summed E-state index contributed by atoms with van der Waals surface area (Å²) in [5.74, 6) is 0.0887. The van der Waals surface area contributed by atoms with Gasteiger partial charge in [0.1, 0.15) is 12.4 Å². The van der Waals surface area contributed by atoms with Crippen molar-refractivity contribution in [3.8, 4) is 5.75 Å². The number of hydrogen-bond acceptors (Lipinski definition) is 5. The van der Waals surface area contributed by atoms with Crippen LogP contribution in [0.2, 0.25) is 0 Å². The van der Waals surface area contributed by atoms with Gasteiger partial charge in [0, 0.05) is 52.2 Å². The number of ether oxygens (including phenoxy) is 2. The molecule has 8 heteroatoms. The zero-order valence-electron chi connectivity index (χ0n) is 19.4. The number of amides is 3. The lowest BCUT2D eigenvalue weighted by molar-refractivity contribution is -0.133. The molecule has 0 radical (unpaired) electrons. The highest BCUT2D eigenvalue weighted by atomic mass is 16.5. The lowest BCUT2D eigenvalue weighted by Gasteiger charge is -2.35. The molecule has 0 spiro atoms. The molecule has 2 rings (SSSR count). The van der Waals surface area contributed by atoms with Crippen LogP contribution in [0.3, 0.4) is 0 Å². The predicted octanol–water partition coefficient (Wildman–Crippen LogP) is 2.78. The maximum absolute atomic E-state index is 13.3. The highest BCUT2D eigenvalue weighted by Gasteiger charge is 2.29. The van der Waals surface area contributed by atoms with Crippen molar-refractivity contribution < 1.29 is 23.9 Å². The van der Waals surface area contributed by atoms with E-state index in [9.17, 15) is 14.4 Å². The summed E-state index contributed by atoms with van der Waals surface area (Å²) in [6, 6.07) is 4.88. The highest BCUT2D eigenvalue weighted by molar-refractivity contribution is 5.99. The van der Waals surface area contributed by atoms with E-state index in [4.69, 9.17) is 9.47 Å². The summed E-state index contributed by atoms with van der Waals surface area (Å²) in [5, 5.41) is 2.83. The molecule has 8 nitrogen and oxygen atoms in total. The Labute approximate surface area is 184 Å². The number of carbonyl (C=O) groups excluding carboxylic acids is 3. The first-order chi connectivity index (χ1) is 14.7. The van der Waals surface area contributed by atoms with Crippen LogP contribution >= 0.6 is 0 Å². The van der Waals surface area contributed by atoms with Crippen LogP contribution in [-0.4, -0.2) is 73.5 Å². The van der Waals surface area contributed by atoms with Gasteiger partial charge in [0.15, 0.2) is 0 Å². The Hall–Kier alpha value is -2.61. The second-order valence-electron chi connectivity index (χ2n) is 8.28. The Bertz CT molecular complexity index is 797. The number of likely N-dealkylation sites (N-methyl/N-ethyl adjacent to an activating group) is 1. The minimum absolute atomic E-state index is 0.0187. The normalized spacial score (nSPS) is 22.6. The molecule has 3 atom stereocenters. The van der Waals surface area contributed by atoms with Gasteiger partial charge in [-0.3, -0.25) is 14.4 Å². The molecule has 0 unspecified atom stereocenters. The number of hydrogen-bond donors (Lipinski definition) is 1. The summed E-state index contributed by atoms with van der Waals surface area (Å²) in [6.07, 6.45) is 0.912. The lowest BCUT2D eigenvalue weighted by atomic mass is 10.0. The summed E-state index contributed by atoms with van der Waals surface area (Å²) in [7, 11) is 3.33. The number of nitrogens with zero attached hydrogens (tertiary/aromatic N) is 2. The standard InChI is InChI=1S/C23H35N3O5/c1-7-8-22(28)24-18-9-10-20-19(11-18)23(29)25(5)13-21(30-6)15(2)12-26(17(4)27)16(3)14-31-20/h9-11,15-16,21H,7-8,12-14H2,1-6H3,(H,24,28)/t15-,16-,21-/m0/s1. The Morgan fingerprint density at radius 2 is 1.97 bits per heavy atom. The van der Waals surface area contributed by atoms with Gasteiger partial charge < -0.3 is 24.6 Å². The Kier molecular flexibility index (Phi) is 8.86. The van der Waals surface area contributed by atoms with Crippen molar-refractivity contribution in [3.63, 3.8) is 0 Å². The summed E-state index contributed by atoms with van der Waals surface area (Å²) in [4.78, 5) is 40.9. The molecule has 0 saturated heterocycles. The van der Waals surface area contributed by atoms with Crippen LogP contribution in [-0.2, 0) is 14.3 Å². The van der Waals surface area contributed by atoms with Crippen LogP contribution in [0, 0.1) is 5.92 Å². The third kappa shape index (κ3) is 6.43. The van der Waals surface area contributed by atoms with Gasteiger partial charge in [0.05, 0.1) is 17.7 Å². The fourth-order valence-electron chi connectivity index (χ4n) is 3.74. The van der Waals surface area contributed by atoms with Crippen molar-refractivity contribution >= 4 is 23.4 Å². The Morgan fingerprint density at radius 1 is 1.26 bits per heavy atom. The predicted molar refractivity (Wildman–Crippen MR) is 119 cm³/mol. The summed E-state index contributed by atoms with van der Waals surface area (Å²) in [6.45, 7) is 8.54. The van der Waals surface area contributed by atoms with E-state index < -0.39 is 0 Å². The van der Waals surface area contributed by atoms with Crippen LogP contribution in [0.1, 0.15) is 50.9 Å². The number of rotatable bonds is 4. The molecule has 1 N–H and O–H groups in total. The second kappa shape index (κ2) is 11.1. The molecular formula is C23H35N3O5. The monoisotopic (exact) mass is 433 g/mol. The van der Waals surface area contributed by atoms with E-state index in [1.807, 2.05) is 20.8 Å². The van der Waals surface area contributed by atoms with Gasteiger partial charge in [-0.05, 0) is 31.5 Å². The topological polar surface area (TPSA) is 88.2 Å². The van der Waals surface area contributed by atoms with Gasteiger partial charge in [-0.1, -0.05) is 13.8 Å². The van der Waals surface area contributed by atoms with E-state index >= 15 is 0 Å². The van der Waals surface area contributed by atoms with Gasteiger partial charge in [-0.15, -0.1) is 0 Å². The minimum atomic E-state index is -0.237. The first-order valence-electron chi connectivity index (χ1n) is 10.8. The molecule has 1 aliphatic heterocycles. The average Bonchev–Trinajstić information content (AvgIpc) is 2.72. The van der Waals surface area contributed by atoms with E-state index in [1.54, 1.807) is 49.1 Å². The summed E-state index contributed by atoms with van der Waals surface area (Å²) in [5.41, 5.74) is 0.908. The van der Waals surface area contributed by atoms with Crippen LogP contribution in [0.4, 0.5) is 5.69 Å². The maximum Gasteiger partial charge on any atom is 0.257 e. The van der Waals surface area contributed by atoms with Crippen molar-refractivity contribution in [2.75, 3.05) is 39.2 Å². The molecule has 1 aromatic rings. The first-order valence-corrected chi connectivity index (χ1v) is 10.8. The van der Waals surface area contributed by atoms with Crippen LogP contribution in [0.25, 0.3) is 0 Å². The summed E-state index contributed by atoms with van der Waals surface area (Å²) >= 11 is 0.